The number of carbonyl (C=O) groups excluding carboxylic acids is 1. The van der Waals surface area contributed by atoms with Crippen LogP contribution in [0, 0.1) is 0 Å². The molecule has 0 saturated carbocycles. The van der Waals surface area contributed by atoms with E-state index in [4.69, 9.17) is 0 Å². The normalized spacial score (nSPS) is 11.2. The summed E-state index contributed by atoms with van der Waals surface area (Å²) in [6.07, 6.45) is 4.40. The van der Waals surface area contributed by atoms with Crippen LogP contribution in [-0.4, -0.2) is 38.0 Å². The Morgan fingerprint density at radius 3 is 3.00 bits per heavy atom. The summed E-state index contributed by atoms with van der Waals surface area (Å²) in [6, 6.07) is 3.96. The highest BCUT2D eigenvalue weighted by Gasteiger charge is 1.95. The summed E-state index contributed by atoms with van der Waals surface area (Å²) in [5.74, 6) is -0.0212. The molecular weight excluding hydrogens is 220 g/mol. The number of carbonyl (C=O) groups is 1. The summed E-state index contributed by atoms with van der Waals surface area (Å²) < 4.78 is 0. The molecule has 0 radical (unpaired) electrons. The summed E-state index contributed by atoms with van der Waals surface area (Å²) in [5, 5.41) is 4.85. The lowest BCUT2D eigenvalue weighted by Gasteiger charge is -2.08. The second-order valence-corrected chi connectivity index (χ2v) is 4.78. The molecule has 0 aliphatic rings. The molecule has 1 aromatic heterocycles. The van der Waals surface area contributed by atoms with E-state index < -0.39 is 0 Å². The molecule has 0 aliphatic carbocycles. The Bertz CT molecular complexity index is 331. The molecule has 0 unspecified atom stereocenters. The molecule has 1 N–H and O–H groups in total. The van der Waals surface area contributed by atoms with E-state index in [1.165, 1.54) is 0 Å². The minimum Gasteiger partial charge on any atom is -0.353 e. The zero-order valence-electron chi connectivity index (χ0n) is 9.77. The van der Waals surface area contributed by atoms with Gasteiger partial charge in [-0.2, -0.15) is 0 Å². The van der Waals surface area contributed by atoms with Crippen LogP contribution in [0.15, 0.2) is 23.6 Å². The first-order valence-electron chi connectivity index (χ1n) is 5.32. The monoisotopic (exact) mass is 238 g/mol. The Morgan fingerprint density at radius 2 is 2.38 bits per heavy atom. The van der Waals surface area contributed by atoms with E-state index in [0.29, 0.717) is 0 Å². The van der Waals surface area contributed by atoms with E-state index in [-0.39, 0.29) is 5.91 Å². The maximum atomic E-state index is 11.4. The molecule has 4 heteroatoms. The van der Waals surface area contributed by atoms with Crippen molar-refractivity contribution in [1.82, 2.24) is 10.2 Å². The fraction of sp³-hybridized carbons (Fsp3) is 0.417. The molecule has 1 aromatic rings. The highest BCUT2D eigenvalue weighted by atomic mass is 32.1. The summed E-state index contributed by atoms with van der Waals surface area (Å²) in [4.78, 5) is 14.6. The maximum Gasteiger partial charge on any atom is 0.244 e. The molecule has 0 atom stereocenters. The van der Waals surface area contributed by atoms with E-state index in [0.717, 1.165) is 24.4 Å². The van der Waals surface area contributed by atoms with Gasteiger partial charge in [-0.1, -0.05) is 6.07 Å². The van der Waals surface area contributed by atoms with Crippen molar-refractivity contribution in [3.05, 3.63) is 28.5 Å². The number of rotatable bonds is 6. The van der Waals surface area contributed by atoms with E-state index >= 15 is 0 Å². The molecule has 0 saturated heterocycles. The van der Waals surface area contributed by atoms with Gasteiger partial charge in [0.1, 0.15) is 0 Å². The average molecular weight is 238 g/mol. The van der Waals surface area contributed by atoms with Gasteiger partial charge >= 0.3 is 0 Å². The van der Waals surface area contributed by atoms with Crippen LogP contribution in [-0.2, 0) is 4.79 Å². The zero-order valence-corrected chi connectivity index (χ0v) is 10.6. The number of amides is 1. The van der Waals surface area contributed by atoms with Gasteiger partial charge in [0.25, 0.3) is 0 Å². The molecule has 0 fully saturated rings. The molecule has 0 bridgehead atoms. The van der Waals surface area contributed by atoms with Gasteiger partial charge in [-0.25, -0.2) is 0 Å². The third-order valence-electron chi connectivity index (χ3n) is 2.02. The van der Waals surface area contributed by atoms with Crippen molar-refractivity contribution in [2.45, 2.75) is 6.42 Å². The summed E-state index contributed by atoms with van der Waals surface area (Å²) in [6.45, 7) is 1.72. The van der Waals surface area contributed by atoms with Gasteiger partial charge in [0.2, 0.25) is 5.91 Å². The Kier molecular flexibility index (Phi) is 5.82. The molecule has 0 aliphatic heterocycles. The van der Waals surface area contributed by atoms with Gasteiger partial charge in [-0.05, 0) is 44.6 Å². The van der Waals surface area contributed by atoms with Crippen LogP contribution in [0.4, 0.5) is 0 Å². The van der Waals surface area contributed by atoms with Crippen molar-refractivity contribution in [3.63, 3.8) is 0 Å². The predicted octanol–water partition coefficient (Wildman–Crippen LogP) is 1.83. The Morgan fingerprint density at radius 1 is 1.56 bits per heavy atom. The van der Waals surface area contributed by atoms with Gasteiger partial charge in [0.15, 0.2) is 0 Å². The molecule has 16 heavy (non-hydrogen) atoms. The van der Waals surface area contributed by atoms with E-state index in [9.17, 15) is 4.79 Å². The van der Waals surface area contributed by atoms with Crippen LogP contribution < -0.4 is 5.32 Å². The van der Waals surface area contributed by atoms with Crippen molar-refractivity contribution < 1.29 is 4.79 Å². The largest absolute Gasteiger partial charge is 0.353 e. The molecular formula is C12H18N2OS. The van der Waals surface area contributed by atoms with Crippen LogP contribution in [0.2, 0.25) is 0 Å². The van der Waals surface area contributed by atoms with Crippen molar-refractivity contribution in [1.29, 1.82) is 0 Å². The van der Waals surface area contributed by atoms with Crippen molar-refractivity contribution in [3.8, 4) is 0 Å². The fourth-order valence-corrected chi connectivity index (χ4v) is 1.83. The van der Waals surface area contributed by atoms with Crippen LogP contribution in [0.25, 0.3) is 6.08 Å². The SMILES string of the molecule is CN(C)CCCNC(=O)C=Cc1cccs1. The minimum atomic E-state index is -0.0212. The molecule has 1 heterocycles. The first kappa shape index (κ1) is 12.9. The molecule has 1 rings (SSSR count). The quantitative estimate of drug-likeness (QED) is 0.606. The van der Waals surface area contributed by atoms with Crippen molar-refractivity contribution in [2.24, 2.45) is 0 Å². The highest BCUT2D eigenvalue weighted by molar-refractivity contribution is 7.10. The topological polar surface area (TPSA) is 32.3 Å². The van der Waals surface area contributed by atoms with Gasteiger partial charge in [-0.15, -0.1) is 11.3 Å². The van der Waals surface area contributed by atoms with Crippen LogP contribution in [0.1, 0.15) is 11.3 Å². The number of nitrogens with zero attached hydrogens (tertiary/aromatic N) is 1. The smallest absolute Gasteiger partial charge is 0.244 e. The zero-order chi connectivity index (χ0) is 11.8. The van der Waals surface area contributed by atoms with Gasteiger partial charge in [0, 0.05) is 17.5 Å². The van der Waals surface area contributed by atoms with E-state index in [1.807, 2.05) is 37.7 Å². The molecule has 0 spiro atoms. The van der Waals surface area contributed by atoms with Gasteiger partial charge < -0.3 is 10.2 Å². The Labute approximate surface area is 101 Å². The van der Waals surface area contributed by atoms with E-state index in [2.05, 4.69) is 10.2 Å². The molecule has 1 amide bonds. The predicted molar refractivity (Wildman–Crippen MR) is 69.5 cm³/mol. The number of nitrogens with one attached hydrogen (secondary N) is 1. The van der Waals surface area contributed by atoms with Crippen molar-refractivity contribution >= 4 is 23.3 Å². The molecule has 3 nitrogen and oxygen atoms in total. The third-order valence-corrected chi connectivity index (χ3v) is 2.86. The third kappa shape index (κ3) is 5.68. The van der Waals surface area contributed by atoms with Crippen LogP contribution in [0.3, 0.4) is 0 Å². The highest BCUT2D eigenvalue weighted by Crippen LogP contribution is 2.09. The second-order valence-electron chi connectivity index (χ2n) is 3.80. The van der Waals surface area contributed by atoms with Gasteiger partial charge in [-0.3, -0.25) is 4.79 Å². The van der Waals surface area contributed by atoms with Crippen LogP contribution >= 0.6 is 11.3 Å². The Hall–Kier alpha value is -1.13. The first-order chi connectivity index (χ1) is 7.68. The second kappa shape index (κ2) is 7.19. The standard InChI is InChI=1S/C12H18N2OS/c1-14(2)9-4-8-13-12(15)7-6-11-5-3-10-16-11/h3,5-7,10H,4,8-9H2,1-2H3,(H,13,15). The maximum absolute atomic E-state index is 11.4. The lowest BCUT2D eigenvalue weighted by Crippen LogP contribution is -2.25. The van der Waals surface area contributed by atoms with Crippen molar-refractivity contribution in [2.75, 3.05) is 27.2 Å². The summed E-state index contributed by atoms with van der Waals surface area (Å²) >= 11 is 1.62. The lowest BCUT2D eigenvalue weighted by atomic mass is 10.3. The number of thiophene rings is 1. The number of hydrogen-bond donors (Lipinski definition) is 1. The average Bonchev–Trinajstić information content (AvgIpc) is 2.74. The van der Waals surface area contributed by atoms with E-state index in [1.54, 1.807) is 17.4 Å². The minimum absolute atomic E-state index is 0.0212. The number of hydrogen-bond acceptors (Lipinski definition) is 3. The fourth-order valence-electron chi connectivity index (χ4n) is 1.21. The summed E-state index contributed by atoms with van der Waals surface area (Å²) in [7, 11) is 4.05. The Balaban J connectivity index is 2.16. The van der Waals surface area contributed by atoms with Crippen LogP contribution in [0.5, 0.6) is 0 Å². The van der Waals surface area contributed by atoms with Gasteiger partial charge in [0.05, 0.1) is 0 Å². The molecule has 0 aromatic carbocycles. The lowest BCUT2D eigenvalue weighted by molar-refractivity contribution is -0.116. The summed E-state index contributed by atoms with van der Waals surface area (Å²) in [5.41, 5.74) is 0. The molecule has 88 valence electrons. The first-order valence-corrected chi connectivity index (χ1v) is 6.20.